The average Bonchev–Trinajstić information content (AvgIpc) is 2.84. The van der Waals surface area contributed by atoms with Crippen molar-refractivity contribution in [2.75, 3.05) is 0 Å². The topological polar surface area (TPSA) is 56.0 Å². The second kappa shape index (κ2) is 4.18. The van der Waals surface area contributed by atoms with Crippen LogP contribution >= 0.6 is 11.5 Å². The molecule has 2 heterocycles. The van der Waals surface area contributed by atoms with Gasteiger partial charge in [-0.1, -0.05) is 4.49 Å². The van der Waals surface area contributed by atoms with E-state index >= 15 is 0 Å². The van der Waals surface area contributed by atoms with Crippen LogP contribution in [0.1, 0.15) is 22.0 Å². The number of carbonyl (C=O) groups is 1. The van der Waals surface area contributed by atoms with Gasteiger partial charge >= 0.3 is 0 Å². The summed E-state index contributed by atoms with van der Waals surface area (Å²) in [5.41, 5.74) is 0.677. The molecule has 0 saturated carbocycles. The number of aryl methyl sites for hydroxylation is 1. The second-order valence-electron chi connectivity index (χ2n) is 2.94. The molecule has 2 aromatic heterocycles. The SMILES string of the molecule is Cc1ccc(C(=O)/C=C/c2csnn2)o1. The molecule has 15 heavy (non-hydrogen) atoms. The predicted octanol–water partition coefficient (Wildman–Crippen LogP) is 2.34. The summed E-state index contributed by atoms with van der Waals surface area (Å²) in [5, 5.41) is 5.55. The molecule has 0 aliphatic heterocycles. The van der Waals surface area contributed by atoms with E-state index < -0.39 is 0 Å². The maximum atomic E-state index is 11.5. The Hall–Kier alpha value is -1.75. The second-order valence-corrected chi connectivity index (χ2v) is 3.55. The molecule has 0 aromatic carbocycles. The van der Waals surface area contributed by atoms with Crippen molar-refractivity contribution in [3.05, 3.63) is 40.8 Å². The van der Waals surface area contributed by atoms with Gasteiger partial charge in [0.15, 0.2) is 5.76 Å². The van der Waals surface area contributed by atoms with Crippen LogP contribution in [-0.2, 0) is 0 Å². The maximum absolute atomic E-state index is 11.5. The summed E-state index contributed by atoms with van der Waals surface area (Å²) < 4.78 is 8.86. The third-order valence-corrected chi connectivity index (χ3v) is 2.29. The Bertz CT molecular complexity index is 485. The molecule has 0 amide bonds. The van der Waals surface area contributed by atoms with Crippen molar-refractivity contribution in [1.29, 1.82) is 0 Å². The Morgan fingerprint density at radius 1 is 1.53 bits per heavy atom. The largest absolute Gasteiger partial charge is 0.458 e. The monoisotopic (exact) mass is 220 g/mol. The summed E-state index contributed by atoms with van der Waals surface area (Å²) in [5.74, 6) is 0.894. The molecule has 4 nitrogen and oxygen atoms in total. The molecule has 0 saturated heterocycles. The molecule has 76 valence electrons. The van der Waals surface area contributed by atoms with Crippen LogP contribution in [0.15, 0.2) is 28.0 Å². The van der Waals surface area contributed by atoms with Crippen LogP contribution in [0.5, 0.6) is 0 Å². The Kier molecular flexibility index (Phi) is 2.73. The van der Waals surface area contributed by atoms with E-state index in [0.29, 0.717) is 11.5 Å². The lowest BCUT2D eigenvalue weighted by molar-refractivity contribution is 0.102. The number of furan rings is 1. The zero-order valence-corrected chi connectivity index (χ0v) is 8.82. The smallest absolute Gasteiger partial charge is 0.221 e. The van der Waals surface area contributed by atoms with E-state index in [1.54, 1.807) is 30.5 Å². The van der Waals surface area contributed by atoms with E-state index in [9.17, 15) is 4.79 Å². The third kappa shape index (κ3) is 2.38. The van der Waals surface area contributed by atoms with Crippen LogP contribution in [0, 0.1) is 6.92 Å². The number of aromatic nitrogens is 2. The first-order chi connectivity index (χ1) is 7.25. The summed E-state index contributed by atoms with van der Waals surface area (Å²) in [7, 11) is 0. The molecule has 0 atom stereocenters. The van der Waals surface area contributed by atoms with Crippen LogP contribution in [0.25, 0.3) is 6.08 Å². The highest BCUT2D eigenvalue weighted by Crippen LogP contribution is 2.08. The molecule has 2 aromatic rings. The molecule has 2 rings (SSSR count). The maximum Gasteiger partial charge on any atom is 0.221 e. The number of rotatable bonds is 3. The lowest BCUT2D eigenvalue weighted by Gasteiger charge is -1.87. The van der Waals surface area contributed by atoms with Crippen molar-refractivity contribution in [1.82, 2.24) is 9.59 Å². The standard InChI is InChI=1S/C10H8N2O2S/c1-7-2-5-10(14-7)9(13)4-3-8-6-15-12-11-8/h2-6H,1H3/b4-3+. The third-order valence-electron chi connectivity index (χ3n) is 1.77. The molecule has 0 aliphatic rings. The first-order valence-corrected chi connectivity index (χ1v) is 5.15. The molecular weight excluding hydrogens is 212 g/mol. The molecular formula is C10H8N2O2S. The summed E-state index contributed by atoms with van der Waals surface area (Å²) in [6.45, 7) is 1.80. The van der Waals surface area contributed by atoms with Crippen molar-refractivity contribution in [3.8, 4) is 0 Å². The summed E-state index contributed by atoms with van der Waals surface area (Å²) >= 11 is 1.24. The first-order valence-electron chi connectivity index (χ1n) is 4.31. The van der Waals surface area contributed by atoms with Gasteiger partial charge in [-0.2, -0.15) is 0 Å². The normalized spacial score (nSPS) is 11.0. The van der Waals surface area contributed by atoms with Crippen molar-refractivity contribution in [3.63, 3.8) is 0 Å². The van der Waals surface area contributed by atoms with E-state index in [4.69, 9.17) is 4.42 Å². The molecule has 0 fully saturated rings. The fraction of sp³-hybridized carbons (Fsp3) is 0.100. The van der Waals surface area contributed by atoms with Crippen LogP contribution in [-0.4, -0.2) is 15.4 Å². The molecule has 0 spiro atoms. The summed E-state index contributed by atoms with van der Waals surface area (Å²) in [6, 6.07) is 3.41. The van der Waals surface area contributed by atoms with Gasteiger partial charge in [-0.05, 0) is 42.7 Å². The van der Waals surface area contributed by atoms with E-state index in [1.807, 2.05) is 0 Å². The van der Waals surface area contributed by atoms with Crippen molar-refractivity contribution >= 4 is 23.4 Å². The number of allylic oxidation sites excluding steroid dienone is 1. The minimum absolute atomic E-state index is 0.170. The molecule has 0 radical (unpaired) electrons. The Labute approximate surface area is 90.4 Å². The van der Waals surface area contributed by atoms with E-state index in [1.165, 1.54) is 17.6 Å². The molecule has 0 N–H and O–H groups in total. The summed E-state index contributed by atoms with van der Waals surface area (Å²) in [4.78, 5) is 11.5. The van der Waals surface area contributed by atoms with Gasteiger partial charge in [-0.25, -0.2) is 0 Å². The predicted molar refractivity (Wildman–Crippen MR) is 56.7 cm³/mol. The fourth-order valence-corrected chi connectivity index (χ4v) is 1.48. The van der Waals surface area contributed by atoms with Crippen LogP contribution in [0.4, 0.5) is 0 Å². The van der Waals surface area contributed by atoms with Crippen molar-refractivity contribution in [2.24, 2.45) is 0 Å². The Morgan fingerprint density at radius 3 is 3.00 bits per heavy atom. The lowest BCUT2D eigenvalue weighted by atomic mass is 10.2. The molecule has 5 heteroatoms. The number of carbonyl (C=O) groups excluding carboxylic acids is 1. The van der Waals surface area contributed by atoms with Crippen LogP contribution in [0.3, 0.4) is 0 Å². The minimum Gasteiger partial charge on any atom is -0.458 e. The minimum atomic E-state index is -0.170. The van der Waals surface area contributed by atoms with Crippen LogP contribution in [0.2, 0.25) is 0 Å². The van der Waals surface area contributed by atoms with E-state index in [0.717, 1.165) is 5.76 Å². The highest BCUT2D eigenvalue weighted by molar-refractivity contribution is 7.03. The Balaban J connectivity index is 2.10. The van der Waals surface area contributed by atoms with Gasteiger partial charge in [-0.3, -0.25) is 4.79 Å². The lowest BCUT2D eigenvalue weighted by Crippen LogP contribution is -1.90. The van der Waals surface area contributed by atoms with Gasteiger partial charge in [0, 0.05) is 5.38 Å². The van der Waals surface area contributed by atoms with Gasteiger partial charge in [0.1, 0.15) is 5.76 Å². The van der Waals surface area contributed by atoms with Gasteiger partial charge in [0.2, 0.25) is 5.78 Å². The molecule has 0 unspecified atom stereocenters. The highest BCUT2D eigenvalue weighted by atomic mass is 32.1. The van der Waals surface area contributed by atoms with Crippen LogP contribution < -0.4 is 0 Å². The van der Waals surface area contributed by atoms with Gasteiger partial charge in [0.05, 0.1) is 5.69 Å². The quantitative estimate of drug-likeness (QED) is 0.588. The van der Waals surface area contributed by atoms with Gasteiger partial charge < -0.3 is 4.42 Å². The highest BCUT2D eigenvalue weighted by Gasteiger charge is 2.05. The fourth-order valence-electron chi connectivity index (χ4n) is 1.05. The number of ketones is 1. The number of hydrogen-bond donors (Lipinski definition) is 0. The summed E-state index contributed by atoms with van der Waals surface area (Å²) in [6.07, 6.45) is 3.04. The molecule has 0 bridgehead atoms. The Morgan fingerprint density at radius 2 is 2.40 bits per heavy atom. The van der Waals surface area contributed by atoms with E-state index in [2.05, 4.69) is 9.59 Å². The average molecular weight is 220 g/mol. The van der Waals surface area contributed by atoms with Gasteiger partial charge in [-0.15, -0.1) is 5.10 Å². The number of hydrogen-bond acceptors (Lipinski definition) is 5. The number of nitrogens with zero attached hydrogens (tertiary/aromatic N) is 2. The van der Waals surface area contributed by atoms with Crippen molar-refractivity contribution in [2.45, 2.75) is 6.92 Å². The van der Waals surface area contributed by atoms with E-state index in [-0.39, 0.29) is 5.78 Å². The zero-order chi connectivity index (χ0) is 10.7. The van der Waals surface area contributed by atoms with Crippen molar-refractivity contribution < 1.29 is 9.21 Å². The molecule has 0 aliphatic carbocycles. The zero-order valence-electron chi connectivity index (χ0n) is 8.01. The van der Waals surface area contributed by atoms with Gasteiger partial charge in [0.25, 0.3) is 0 Å². The first kappa shape index (κ1) is 9.79.